The summed E-state index contributed by atoms with van der Waals surface area (Å²) < 4.78 is 0. The Hall–Kier alpha value is -0.450. The molecule has 1 saturated carbocycles. The van der Waals surface area contributed by atoms with E-state index in [0.29, 0.717) is 22.0 Å². The summed E-state index contributed by atoms with van der Waals surface area (Å²) in [6, 6.07) is 6.36. The lowest BCUT2D eigenvalue weighted by Gasteiger charge is -2.10. The summed E-state index contributed by atoms with van der Waals surface area (Å²) >= 11 is 12.0. The highest BCUT2D eigenvalue weighted by Crippen LogP contribution is 2.42. The number of nitrogens with zero attached hydrogens (tertiary/aromatic N) is 1. The molecule has 1 aliphatic carbocycles. The Labute approximate surface area is 139 Å². The van der Waals surface area contributed by atoms with Gasteiger partial charge in [-0.05, 0) is 37.0 Å². The van der Waals surface area contributed by atoms with E-state index in [2.05, 4.69) is 21.7 Å². The first-order valence-corrected chi connectivity index (χ1v) is 7.49. The smallest absolute Gasteiger partial charge is 0.191 e. The molecule has 110 valence electrons. The Bertz CT molecular complexity index is 507. The third-order valence-corrected chi connectivity index (χ3v) is 4.37. The van der Waals surface area contributed by atoms with Gasteiger partial charge < -0.3 is 10.6 Å². The monoisotopic (exact) mass is 377 g/mol. The van der Waals surface area contributed by atoms with Gasteiger partial charge in [-0.15, -0.1) is 17.0 Å². The van der Waals surface area contributed by atoms with E-state index >= 15 is 0 Å². The van der Waals surface area contributed by atoms with Crippen molar-refractivity contribution in [3.63, 3.8) is 0 Å². The van der Waals surface area contributed by atoms with Gasteiger partial charge in [0.15, 0.2) is 5.96 Å². The maximum atomic E-state index is 6.06. The molecule has 20 heavy (non-hydrogen) atoms. The van der Waals surface area contributed by atoms with Gasteiger partial charge in [-0.1, -0.05) is 29.3 Å². The second-order valence-corrected chi connectivity index (χ2v) is 5.95. The molecule has 0 spiro atoms. The number of benzene rings is 1. The Morgan fingerprint density at radius 2 is 2.05 bits per heavy atom. The van der Waals surface area contributed by atoms with Crippen molar-refractivity contribution in [3.05, 3.63) is 33.8 Å². The van der Waals surface area contributed by atoms with Crippen LogP contribution in [0, 0.1) is 0 Å². The van der Waals surface area contributed by atoms with Crippen LogP contribution < -0.4 is 10.6 Å². The van der Waals surface area contributed by atoms with Crippen molar-refractivity contribution in [1.29, 1.82) is 0 Å². The predicted molar refractivity (Wildman–Crippen MR) is 90.6 cm³/mol. The lowest BCUT2D eigenvalue weighted by atomic mass is 10.1. The minimum Gasteiger partial charge on any atom is -0.356 e. The number of aliphatic imine (C=N–C) groups is 1. The average molecular weight is 379 g/mol. The first-order chi connectivity index (χ1) is 9.24. The Balaban J connectivity index is 0.00000147. The van der Waals surface area contributed by atoms with Gasteiger partial charge in [-0.3, -0.25) is 4.99 Å². The van der Waals surface area contributed by atoms with E-state index in [4.69, 9.17) is 23.2 Å². The van der Waals surface area contributed by atoms with Crippen LogP contribution in [-0.2, 0) is 0 Å². The number of halogens is 3. The molecular weight excluding hydrogens is 361 g/mol. The molecule has 6 heteroatoms. The van der Waals surface area contributed by atoms with Crippen LogP contribution in [0.2, 0.25) is 10.0 Å². The van der Waals surface area contributed by atoms with Gasteiger partial charge in [0, 0.05) is 25.0 Å². The van der Waals surface area contributed by atoms with Crippen molar-refractivity contribution >= 4 is 46.1 Å². The highest BCUT2D eigenvalue weighted by molar-refractivity contribution is 8.93. The van der Waals surface area contributed by atoms with E-state index in [0.717, 1.165) is 25.5 Å². The van der Waals surface area contributed by atoms with Crippen molar-refractivity contribution in [1.82, 2.24) is 10.6 Å². The Morgan fingerprint density at radius 3 is 2.85 bits per heavy atom. The zero-order valence-electron chi connectivity index (χ0n) is 11.0. The molecule has 2 N–H and O–H groups in total. The van der Waals surface area contributed by atoms with Gasteiger partial charge >= 0.3 is 0 Å². The van der Waals surface area contributed by atoms with E-state index in [1.807, 2.05) is 12.1 Å². The van der Waals surface area contributed by atoms with Crippen molar-refractivity contribution in [3.8, 4) is 0 Å². The van der Waals surface area contributed by atoms with Crippen LogP contribution in [0.5, 0.6) is 0 Å². The van der Waals surface area contributed by atoms with E-state index in [1.54, 1.807) is 0 Å². The van der Waals surface area contributed by atoms with Gasteiger partial charge in [0.25, 0.3) is 0 Å². The summed E-state index contributed by atoms with van der Waals surface area (Å²) in [5.74, 6) is 1.47. The minimum absolute atomic E-state index is 0. The molecule has 3 rings (SSSR count). The quantitative estimate of drug-likeness (QED) is 0.821. The molecule has 1 aromatic rings. The fourth-order valence-electron chi connectivity index (χ4n) is 2.43. The molecule has 1 fully saturated rings. The maximum Gasteiger partial charge on any atom is 0.191 e. The highest BCUT2D eigenvalue weighted by atomic mass is 79.9. The molecule has 3 nitrogen and oxygen atoms in total. The van der Waals surface area contributed by atoms with Crippen molar-refractivity contribution in [2.75, 3.05) is 13.1 Å². The maximum absolute atomic E-state index is 6.06. The number of nitrogens with one attached hydrogen (secondary N) is 2. The summed E-state index contributed by atoms with van der Waals surface area (Å²) in [5.41, 5.74) is 1.25. The van der Waals surface area contributed by atoms with Crippen LogP contribution >= 0.6 is 40.2 Å². The van der Waals surface area contributed by atoms with Crippen molar-refractivity contribution in [2.45, 2.75) is 31.2 Å². The molecule has 0 bridgehead atoms. The third kappa shape index (κ3) is 3.80. The number of guanidine groups is 1. The molecule has 0 amide bonds. The molecule has 0 saturated heterocycles. The zero-order valence-corrected chi connectivity index (χ0v) is 14.3. The van der Waals surface area contributed by atoms with Crippen LogP contribution in [0.1, 0.15) is 30.7 Å². The van der Waals surface area contributed by atoms with Crippen LogP contribution in [0.25, 0.3) is 0 Å². The molecule has 1 aromatic carbocycles. The number of hydrogen-bond acceptors (Lipinski definition) is 3. The second-order valence-electron chi connectivity index (χ2n) is 5.13. The first kappa shape index (κ1) is 15.9. The standard InChI is InChI=1S/C14H17Cl2N3.BrH/c15-11-4-3-9(7-12(11)16)10-8-13(10)19-14-17-5-1-2-6-18-14;/h3-4,7,10,13H,1-2,5-6,8H2,(H2,17,18,19);1H/t10-,13+;/m0./s1. The summed E-state index contributed by atoms with van der Waals surface area (Å²) in [4.78, 5) is 4.51. The van der Waals surface area contributed by atoms with Crippen molar-refractivity contribution in [2.24, 2.45) is 4.99 Å². The van der Waals surface area contributed by atoms with Gasteiger partial charge in [0.05, 0.1) is 10.0 Å². The number of hydrogen-bond donors (Lipinski definition) is 2. The van der Waals surface area contributed by atoms with Gasteiger partial charge in [-0.25, -0.2) is 0 Å². The van der Waals surface area contributed by atoms with Crippen LogP contribution in [-0.4, -0.2) is 25.1 Å². The molecule has 2 aliphatic rings. The summed E-state index contributed by atoms with van der Waals surface area (Å²) in [5, 5.41) is 8.07. The topological polar surface area (TPSA) is 36.4 Å². The average Bonchev–Trinajstić information content (AvgIpc) is 3.18. The summed E-state index contributed by atoms with van der Waals surface area (Å²) in [7, 11) is 0. The Kier molecular flexibility index (Phi) is 5.58. The normalized spacial score (nSPS) is 24.8. The van der Waals surface area contributed by atoms with Gasteiger partial charge in [-0.2, -0.15) is 0 Å². The summed E-state index contributed by atoms with van der Waals surface area (Å²) in [6.45, 7) is 1.93. The molecule has 1 heterocycles. The van der Waals surface area contributed by atoms with E-state index in [-0.39, 0.29) is 17.0 Å². The van der Waals surface area contributed by atoms with E-state index in [1.165, 1.54) is 18.4 Å². The second kappa shape index (κ2) is 7.01. The molecule has 0 radical (unpaired) electrons. The third-order valence-electron chi connectivity index (χ3n) is 3.63. The highest BCUT2D eigenvalue weighted by Gasteiger charge is 2.39. The molecule has 0 unspecified atom stereocenters. The largest absolute Gasteiger partial charge is 0.356 e. The fraction of sp³-hybridized carbons (Fsp3) is 0.500. The van der Waals surface area contributed by atoms with Gasteiger partial charge in [0.1, 0.15) is 0 Å². The van der Waals surface area contributed by atoms with Crippen LogP contribution in [0.3, 0.4) is 0 Å². The lowest BCUT2D eigenvalue weighted by molar-refractivity contribution is 0.740. The predicted octanol–water partition coefficient (Wildman–Crippen LogP) is 3.76. The van der Waals surface area contributed by atoms with Crippen LogP contribution in [0.4, 0.5) is 0 Å². The van der Waals surface area contributed by atoms with E-state index in [9.17, 15) is 0 Å². The molecule has 0 aromatic heterocycles. The van der Waals surface area contributed by atoms with Gasteiger partial charge in [0.2, 0.25) is 0 Å². The van der Waals surface area contributed by atoms with Crippen molar-refractivity contribution < 1.29 is 0 Å². The number of rotatable bonds is 2. The zero-order chi connectivity index (χ0) is 13.2. The minimum atomic E-state index is 0. The SMILES string of the molecule is Br.Clc1ccc([C@@H]2C[C@H]2NC2=NCCCCN2)cc1Cl. The summed E-state index contributed by atoms with van der Waals surface area (Å²) in [6.07, 6.45) is 3.48. The van der Waals surface area contributed by atoms with E-state index < -0.39 is 0 Å². The fourth-order valence-corrected chi connectivity index (χ4v) is 2.74. The molecule has 2 atom stereocenters. The molecular formula is C14H18BrCl2N3. The Morgan fingerprint density at radius 1 is 1.20 bits per heavy atom. The first-order valence-electron chi connectivity index (χ1n) is 6.74. The lowest BCUT2D eigenvalue weighted by Crippen LogP contribution is -2.38. The molecule has 1 aliphatic heterocycles. The van der Waals surface area contributed by atoms with Crippen LogP contribution in [0.15, 0.2) is 23.2 Å².